The molecule has 0 saturated carbocycles. The second-order valence-corrected chi connectivity index (χ2v) is 9.41. The minimum absolute atomic E-state index is 0.0907. The molecule has 7 nitrogen and oxygen atoms in total. The standard InChI is InChI=1S/C25H28N2O5S/c1-17(2)27-33(29,30)23-16-20(12-15-22(23)32-4)25(28)26-24(18-8-6-5-7-9-18)19-10-13-21(31-3)14-11-19/h5-17,24,27H,1-4H3,(H,26,28). The molecule has 0 aliphatic carbocycles. The first-order valence-corrected chi connectivity index (χ1v) is 11.9. The lowest BCUT2D eigenvalue weighted by Gasteiger charge is -2.21. The maximum atomic E-state index is 13.2. The number of carbonyl (C=O) groups excluding carboxylic acids is 1. The van der Waals surface area contributed by atoms with Gasteiger partial charge >= 0.3 is 0 Å². The van der Waals surface area contributed by atoms with Gasteiger partial charge in [0.05, 0.1) is 20.3 Å². The number of amides is 1. The Labute approximate surface area is 194 Å². The second-order valence-electron chi connectivity index (χ2n) is 7.73. The van der Waals surface area contributed by atoms with Crippen LogP contribution in [0.1, 0.15) is 41.4 Å². The highest BCUT2D eigenvalue weighted by Gasteiger charge is 2.24. The average Bonchev–Trinajstić information content (AvgIpc) is 2.82. The van der Waals surface area contributed by atoms with E-state index in [1.165, 1.54) is 19.2 Å². The van der Waals surface area contributed by atoms with Crippen LogP contribution in [0.3, 0.4) is 0 Å². The lowest BCUT2D eigenvalue weighted by molar-refractivity contribution is 0.0942. The zero-order valence-corrected chi connectivity index (χ0v) is 19.8. The van der Waals surface area contributed by atoms with E-state index in [0.717, 1.165) is 11.1 Å². The maximum Gasteiger partial charge on any atom is 0.252 e. The van der Waals surface area contributed by atoms with Crippen molar-refractivity contribution in [3.63, 3.8) is 0 Å². The van der Waals surface area contributed by atoms with Gasteiger partial charge in [-0.25, -0.2) is 13.1 Å². The van der Waals surface area contributed by atoms with Crippen molar-refractivity contribution in [1.29, 1.82) is 0 Å². The Morgan fingerprint density at radius 1 is 0.848 bits per heavy atom. The summed E-state index contributed by atoms with van der Waals surface area (Å²) in [5.41, 5.74) is 1.95. The van der Waals surface area contributed by atoms with E-state index in [9.17, 15) is 13.2 Å². The first-order valence-electron chi connectivity index (χ1n) is 10.4. The molecule has 0 spiro atoms. The molecule has 1 atom stereocenters. The summed E-state index contributed by atoms with van der Waals surface area (Å²) in [4.78, 5) is 13.1. The van der Waals surface area contributed by atoms with E-state index in [2.05, 4.69) is 10.0 Å². The Kier molecular flexibility index (Phi) is 7.73. The Balaban J connectivity index is 1.97. The summed E-state index contributed by atoms with van der Waals surface area (Å²) in [6, 6.07) is 20.6. The normalized spacial score (nSPS) is 12.3. The highest BCUT2D eigenvalue weighted by Crippen LogP contribution is 2.27. The SMILES string of the molecule is COc1ccc(C(NC(=O)c2ccc(OC)c(S(=O)(=O)NC(C)C)c2)c2ccccc2)cc1. The largest absolute Gasteiger partial charge is 0.497 e. The van der Waals surface area contributed by atoms with Crippen LogP contribution >= 0.6 is 0 Å². The monoisotopic (exact) mass is 468 g/mol. The number of methoxy groups -OCH3 is 2. The number of rotatable bonds is 9. The van der Waals surface area contributed by atoms with Crippen molar-refractivity contribution >= 4 is 15.9 Å². The Morgan fingerprint density at radius 2 is 1.48 bits per heavy atom. The number of carbonyl (C=O) groups is 1. The molecule has 33 heavy (non-hydrogen) atoms. The van der Waals surface area contributed by atoms with Gasteiger partial charge in [0.15, 0.2) is 0 Å². The molecule has 174 valence electrons. The Morgan fingerprint density at radius 3 is 2.06 bits per heavy atom. The molecule has 1 amide bonds. The van der Waals surface area contributed by atoms with Crippen LogP contribution in [0.15, 0.2) is 77.7 Å². The summed E-state index contributed by atoms with van der Waals surface area (Å²) in [5, 5.41) is 3.02. The van der Waals surface area contributed by atoms with E-state index < -0.39 is 22.0 Å². The van der Waals surface area contributed by atoms with E-state index in [0.29, 0.717) is 5.75 Å². The average molecular weight is 469 g/mol. The first kappa shape index (κ1) is 24.3. The van der Waals surface area contributed by atoms with Crippen LogP contribution in [-0.4, -0.2) is 34.6 Å². The van der Waals surface area contributed by atoms with Gasteiger partial charge in [-0.1, -0.05) is 42.5 Å². The lowest BCUT2D eigenvalue weighted by atomic mass is 9.98. The summed E-state index contributed by atoms with van der Waals surface area (Å²) in [5.74, 6) is 0.456. The van der Waals surface area contributed by atoms with Crippen molar-refractivity contribution in [3.05, 3.63) is 89.5 Å². The summed E-state index contributed by atoms with van der Waals surface area (Å²) < 4.78 is 38.6. The molecule has 1 unspecified atom stereocenters. The molecule has 3 rings (SSSR count). The topological polar surface area (TPSA) is 93.7 Å². The quantitative estimate of drug-likeness (QED) is 0.497. The summed E-state index contributed by atoms with van der Waals surface area (Å²) in [7, 11) is -0.888. The molecule has 8 heteroatoms. The molecule has 0 fully saturated rings. The summed E-state index contributed by atoms with van der Waals surface area (Å²) >= 11 is 0. The number of sulfonamides is 1. The van der Waals surface area contributed by atoms with Crippen molar-refractivity contribution in [3.8, 4) is 11.5 Å². The third-order valence-corrected chi connectivity index (χ3v) is 6.64. The summed E-state index contributed by atoms with van der Waals surface area (Å²) in [6.07, 6.45) is 0. The van der Waals surface area contributed by atoms with Gasteiger partial charge < -0.3 is 14.8 Å². The minimum Gasteiger partial charge on any atom is -0.497 e. The molecule has 0 aromatic heterocycles. The van der Waals surface area contributed by atoms with E-state index in [1.807, 2.05) is 54.6 Å². The van der Waals surface area contributed by atoms with Crippen LogP contribution in [0.2, 0.25) is 0 Å². The molecule has 0 saturated heterocycles. The molecule has 2 N–H and O–H groups in total. The molecule has 3 aromatic rings. The second kappa shape index (κ2) is 10.5. The predicted molar refractivity (Wildman–Crippen MR) is 127 cm³/mol. The zero-order valence-electron chi connectivity index (χ0n) is 19.0. The van der Waals surface area contributed by atoms with Crippen molar-refractivity contribution in [1.82, 2.24) is 10.0 Å². The predicted octanol–water partition coefficient (Wildman–Crippen LogP) is 3.91. The number of hydrogen-bond donors (Lipinski definition) is 2. The van der Waals surface area contributed by atoms with Crippen molar-refractivity contribution < 1.29 is 22.7 Å². The highest BCUT2D eigenvalue weighted by molar-refractivity contribution is 7.89. The highest BCUT2D eigenvalue weighted by atomic mass is 32.2. The van der Waals surface area contributed by atoms with Gasteiger partial charge in [0.2, 0.25) is 10.0 Å². The molecule has 0 heterocycles. The number of ether oxygens (including phenoxy) is 2. The Hall–Kier alpha value is -3.36. The van der Waals surface area contributed by atoms with Gasteiger partial charge in [0.25, 0.3) is 5.91 Å². The first-order chi connectivity index (χ1) is 15.7. The third-order valence-electron chi connectivity index (χ3n) is 4.96. The molecule has 3 aromatic carbocycles. The van der Waals surface area contributed by atoms with E-state index in [1.54, 1.807) is 27.0 Å². The van der Waals surface area contributed by atoms with Gasteiger partial charge in [-0.3, -0.25) is 4.79 Å². The molecule has 0 aliphatic rings. The third kappa shape index (κ3) is 5.91. The van der Waals surface area contributed by atoms with Crippen molar-refractivity contribution in [2.75, 3.05) is 14.2 Å². The van der Waals surface area contributed by atoms with Crippen LogP contribution in [0.5, 0.6) is 11.5 Å². The molecular formula is C25H28N2O5S. The van der Waals surface area contributed by atoms with E-state index in [-0.39, 0.29) is 22.3 Å². The Bertz CT molecular complexity index is 1190. The van der Waals surface area contributed by atoms with Crippen LogP contribution in [0.25, 0.3) is 0 Å². The van der Waals surface area contributed by atoms with Crippen LogP contribution < -0.4 is 19.5 Å². The van der Waals surface area contributed by atoms with Crippen LogP contribution in [-0.2, 0) is 10.0 Å². The van der Waals surface area contributed by atoms with Gasteiger partial charge in [-0.05, 0) is 55.3 Å². The van der Waals surface area contributed by atoms with Crippen molar-refractivity contribution in [2.45, 2.75) is 30.8 Å². The summed E-state index contributed by atoms with van der Waals surface area (Å²) in [6.45, 7) is 3.44. The van der Waals surface area contributed by atoms with Crippen LogP contribution in [0.4, 0.5) is 0 Å². The van der Waals surface area contributed by atoms with E-state index >= 15 is 0 Å². The smallest absolute Gasteiger partial charge is 0.252 e. The number of nitrogens with one attached hydrogen (secondary N) is 2. The molecule has 0 aliphatic heterocycles. The number of benzene rings is 3. The fourth-order valence-electron chi connectivity index (χ4n) is 3.42. The molecule has 0 bridgehead atoms. The fraction of sp³-hybridized carbons (Fsp3) is 0.240. The number of hydrogen-bond acceptors (Lipinski definition) is 5. The molecular weight excluding hydrogens is 440 g/mol. The lowest BCUT2D eigenvalue weighted by Crippen LogP contribution is -2.32. The zero-order chi connectivity index (χ0) is 24.0. The minimum atomic E-state index is -3.87. The molecule has 0 radical (unpaired) electrons. The maximum absolute atomic E-state index is 13.2. The van der Waals surface area contributed by atoms with Crippen molar-refractivity contribution in [2.24, 2.45) is 0 Å². The van der Waals surface area contributed by atoms with E-state index in [4.69, 9.17) is 9.47 Å². The fourth-order valence-corrected chi connectivity index (χ4v) is 4.86. The van der Waals surface area contributed by atoms with Gasteiger partial charge in [0, 0.05) is 11.6 Å². The van der Waals surface area contributed by atoms with Gasteiger partial charge in [0.1, 0.15) is 16.4 Å². The van der Waals surface area contributed by atoms with Gasteiger partial charge in [-0.15, -0.1) is 0 Å². The van der Waals surface area contributed by atoms with Gasteiger partial charge in [-0.2, -0.15) is 0 Å². The van der Waals surface area contributed by atoms with Crippen LogP contribution in [0, 0.1) is 0 Å².